The van der Waals surface area contributed by atoms with Crippen LogP contribution < -0.4 is 5.32 Å². The number of carboxylic acids is 1. The van der Waals surface area contributed by atoms with E-state index in [0.29, 0.717) is 17.9 Å². The Labute approximate surface area is 145 Å². The summed E-state index contributed by atoms with van der Waals surface area (Å²) in [6.45, 7) is 0.431. The Bertz CT molecular complexity index is 730. The topological polar surface area (TPSA) is 75.6 Å². The number of carbonyl (C=O) groups is 2. The fourth-order valence-electron chi connectivity index (χ4n) is 2.59. The molecule has 1 atom stereocenters. The van der Waals surface area contributed by atoms with Crippen LogP contribution in [-0.4, -0.2) is 24.1 Å². The van der Waals surface area contributed by atoms with Gasteiger partial charge in [-0.15, -0.1) is 0 Å². The van der Waals surface area contributed by atoms with E-state index in [2.05, 4.69) is 5.32 Å². The molecule has 0 bridgehead atoms. The molecule has 132 valence electrons. The quantitative estimate of drug-likeness (QED) is 0.767. The minimum Gasteiger partial charge on any atom is -0.481 e. The highest BCUT2D eigenvalue weighted by Crippen LogP contribution is 2.25. The average Bonchev–Trinajstić information content (AvgIpc) is 2.55. The number of carbonyl (C=O) groups excluding carboxylic acids is 1. The zero-order valence-corrected chi connectivity index (χ0v) is 13.9. The maximum absolute atomic E-state index is 13.1. The van der Waals surface area contributed by atoms with E-state index < -0.39 is 17.7 Å². The highest BCUT2D eigenvalue weighted by Gasteiger charge is 2.19. The third-order valence-corrected chi connectivity index (χ3v) is 3.72. The van der Waals surface area contributed by atoms with Crippen LogP contribution in [-0.2, 0) is 20.9 Å². The number of hydrogen-bond donors (Lipinski definition) is 2. The summed E-state index contributed by atoms with van der Waals surface area (Å²) >= 11 is 0. The number of anilines is 1. The Hall–Kier alpha value is -2.73. The Kier molecular flexibility index (Phi) is 6.65. The maximum atomic E-state index is 13.1. The molecule has 2 aromatic rings. The molecular weight excluding hydrogens is 325 g/mol. The van der Waals surface area contributed by atoms with Gasteiger partial charge in [-0.3, -0.25) is 9.59 Å². The third kappa shape index (κ3) is 6.00. The fraction of sp³-hybridized carbons (Fsp3) is 0.263. The van der Waals surface area contributed by atoms with Crippen LogP contribution in [0.25, 0.3) is 0 Å². The predicted molar refractivity (Wildman–Crippen MR) is 91.8 cm³/mol. The molecule has 0 aliphatic heterocycles. The van der Waals surface area contributed by atoms with Crippen LogP contribution >= 0.6 is 0 Å². The number of ether oxygens (including phenoxy) is 1. The zero-order valence-electron chi connectivity index (χ0n) is 13.9. The van der Waals surface area contributed by atoms with E-state index in [9.17, 15) is 14.0 Å². The van der Waals surface area contributed by atoms with Gasteiger partial charge < -0.3 is 15.2 Å². The van der Waals surface area contributed by atoms with Crippen LogP contribution in [0.4, 0.5) is 10.1 Å². The first-order chi connectivity index (χ1) is 12.0. The number of amides is 1. The number of hydrogen-bond acceptors (Lipinski definition) is 3. The van der Waals surface area contributed by atoms with Gasteiger partial charge in [0, 0.05) is 25.1 Å². The molecule has 0 saturated carbocycles. The molecule has 0 radical (unpaired) electrons. The molecule has 0 heterocycles. The van der Waals surface area contributed by atoms with Crippen molar-refractivity contribution in [3.8, 4) is 0 Å². The lowest BCUT2D eigenvalue weighted by Gasteiger charge is -2.15. The first-order valence-corrected chi connectivity index (χ1v) is 7.83. The monoisotopic (exact) mass is 345 g/mol. The van der Waals surface area contributed by atoms with Crippen molar-refractivity contribution in [2.24, 2.45) is 0 Å². The number of benzene rings is 2. The first kappa shape index (κ1) is 18.6. The predicted octanol–water partition coefficient (Wildman–Crippen LogP) is 3.56. The van der Waals surface area contributed by atoms with E-state index in [1.807, 2.05) is 6.07 Å². The van der Waals surface area contributed by atoms with Gasteiger partial charge >= 0.3 is 5.97 Å². The van der Waals surface area contributed by atoms with Crippen molar-refractivity contribution in [1.29, 1.82) is 0 Å². The lowest BCUT2D eigenvalue weighted by molar-refractivity contribution is -0.137. The lowest BCUT2D eigenvalue weighted by atomic mass is 9.92. The van der Waals surface area contributed by atoms with Crippen molar-refractivity contribution in [2.45, 2.75) is 25.4 Å². The molecule has 1 amide bonds. The molecule has 0 saturated heterocycles. The highest BCUT2D eigenvalue weighted by atomic mass is 19.1. The number of nitrogens with one attached hydrogen (secondary N) is 1. The van der Waals surface area contributed by atoms with Gasteiger partial charge in [0.15, 0.2) is 0 Å². The second-order valence-corrected chi connectivity index (χ2v) is 5.73. The van der Waals surface area contributed by atoms with E-state index in [-0.39, 0.29) is 18.7 Å². The molecule has 5 nitrogen and oxygen atoms in total. The molecule has 2 N–H and O–H groups in total. The Morgan fingerprint density at radius 3 is 2.52 bits per heavy atom. The van der Waals surface area contributed by atoms with Gasteiger partial charge in [-0.25, -0.2) is 4.39 Å². The van der Waals surface area contributed by atoms with Gasteiger partial charge in [-0.05, 0) is 35.4 Å². The molecule has 0 fully saturated rings. The molecule has 0 aliphatic carbocycles. The number of rotatable bonds is 8. The second-order valence-electron chi connectivity index (χ2n) is 5.73. The van der Waals surface area contributed by atoms with E-state index in [1.165, 1.54) is 24.3 Å². The number of methoxy groups -OCH3 is 1. The minimum absolute atomic E-state index is 0.00750. The second kappa shape index (κ2) is 8.94. The van der Waals surface area contributed by atoms with Crippen LogP contribution in [0.1, 0.15) is 29.9 Å². The van der Waals surface area contributed by atoms with Gasteiger partial charge in [-0.1, -0.05) is 24.3 Å². The van der Waals surface area contributed by atoms with Gasteiger partial charge in [0.05, 0.1) is 13.0 Å². The van der Waals surface area contributed by atoms with Crippen LogP contribution in [0, 0.1) is 5.82 Å². The Morgan fingerprint density at radius 1 is 1.16 bits per heavy atom. The van der Waals surface area contributed by atoms with Crippen molar-refractivity contribution < 1.29 is 23.8 Å². The van der Waals surface area contributed by atoms with Crippen molar-refractivity contribution in [3.63, 3.8) is 0 Å². The molecule has 25 heavy (non-hydrogen) atoms. The zero-order chi connectivity index (χ0) is 18.2. The van der Waals surface area contributed by atoms with Crippen LogP contribution in [0.2, 0.25) is 0 Å². The van der Waals surface area contributed by atoms with Crippen LogP contribution in [0.5, 0.6) is 0 Å². The smallest absolute Gasteiger partial charge is 0.303 e. The summed E-state index contributed by atoms with van der Waals surface area (Å²) in [6.07, 6.45) is -0.213. The molecule has 0 aromatic heterocycles. The van der Waals surface area contributed by atoms with Crippen molar-refractivity contribution in [3.05, 3.63) is 65.5 Å². The van der Waals surface area contributed by atoms with Crippen LogP contribution in [0.3, 0.4) is 0 Å². The molecule has 0 unspecified atom stereocenters. The van der Waals surface area contributed by atoms with E-state index >= 15 is 0 Å². The Morgan fingerprint density at radius 2 is 1.88 bits per heavy atom. The van der Waals surface area contributed by atoms with Gasteiger partial charge in [0.25, 0.3) is 0 Å². The van der Waals surface area contributed by atoms with Gasteiger partial charge in [-0.2, -0.15) is 0 Å². The summed E-state index contributed by atoms with van der Waals surface area (Å²) in [5.41, 5.74) is 2.15. The van der Waals surface area contributed by atoms with Crippen LogP contribution in [0.15, 0.2) is 48.5 Å². The van der Waals surface area contributed by atoms with Gasteiger partial charge in [0.1, 0.15) is 5.82 Å². The lowest BCUT2D eigenvalue weighted by Crippen LogP contribution is -2.18. The van der Waals surface area contributed by atoms with E-state index in [0.717, 1.165) is 5.56 Å². The average molecular weight is 345 g/mol. The molecule has 0 aliphatic rings. The molecule has 0 spiro atoms. The molecule has 2 aromatic carbocycles. The SMILES string of the molecule is COCc1cccc(NC(=O)C[C@H](CC(=O)O)c2ccc(F)cc2)c1. The normalized spacial score (nSPS) is 11.8. The standard InChI is InChI=1S/C19H20FNO4/c1-25-12-13-3-2-4-17(9-13)21-18(22)10-15(11-19(23)24)14-5-7-16(20)8-6-14/h2-9,15H,10-12H2,1H3,(H,21,22)(H,23,24)/t15-/m1/s1. The summed E-state index contributed by atoms with van der Waals surface area (Å²) in [4.78, 5) is 23.4. The first-order valence-electron chi connectivity index (χ1n) is 7.83. The maximum Gasteiger partial charge on any atom is 0.303 e. The van der Waals surface area contributed by atoms with E-state index in [4.69, 9.17) is 9.84 Å². The summed E-state index contributed by atoms with van der Waals surface area (Å²) in [5.74, 6) is -2.24. The third-order valence-electron chi connectivity index (χ3n) is 3.72. The summed E-state index contributed by atoms with van der Waals surface area (Å²) < 4.78 is 18.1. The highest BCUT2D eigenvalue weighted by molar-refractivity contribution is 5.91. The minimum atomic E-state index is -1.01. The largest absolute Gasteiger partial charge is 0.481 e. The van der Waals surface area contributed by atoms with Crippen molar-refractivity contribution in [2.75, 3.05) is 12.4 Å². The Balaban J connectivity index is 2.07. The molecular formula is C19H20FNO4. The van der Waals surface area contributed by atoms with Gasteiger partial charge in [0.2, 0.25) is 5.91 Å². The molecule has 2 rings (SSSR count). The number of halogens is 1. The number of aliphatic carboxylic acids is 1. The summed E-state index contributed by atoms with van der Waals surface area (Å²) in [6, 6.07) is 12.8. The van der Waals surface area contributed by atoms with Crippen molar-refractivity contribution in [1.82, 2.24) is 0 Å². The number of carboxylic acid groups (broad SMARTS) is 1. The van der Waals surface area contributed by atoms with E-state index in [1.54, 1.807) is 25.3 Å². The summed E-state index contributed by atoms with van der Waals surface area (Å²) in [7, 11) is 1.59. The molecule has 6 heteroatoms. The summed E-state index contributed by atoms with van der Waals surface area (Å²) in [5, 5.41) is 11.8. The fourth-order valence-corrected chi connectivity index (χ4v) is 2.59. The van der Waals surface area contributed by atoms with Crippen molar-refractivity contribution >= 4 is 17.6 Å².